The van der Waals surface area contributed by atoms with Gasteiger partial charge in [-0.15, -0.1) is 0 Å². The Bertz CT molecular complexity index is 431. The van der Waals surface area contributed by atoms with Gasteiger partial charge in [-0.25, -0.2) is 0 Å². The summed E-state index contributed by atoms with van der Waals surface area (Å²) in [5.41, 5.74) is 3.61. The number of fused-ring (bicyclic) bond motifs is 1. The van der Waals surface area contributed by atoms with E-state index in [9.17, 15) is 4.79 Å². The zero-order valence-electron chi connectivity index (χ0n) is 10.8. The third-order valence-electron chi connectivity index (χ3n) is 3.43. The van der Waals surface area contributed by atoms with Gasteiger partial charge in [-0.05, 0) is 36.5 Å². The highest BCUT2D eigenvalue weighted by Crippen LogP contribution is 2.32. The molecule has 1 aromatic rings. The number of carbonyl (C=O) groups excluding carboxylic acids is 1. The Labute approximate surface area is 117 Å². The van der Waals surface area contributed by atoms with Gasteiger partial charge in [-0.1, -0.05) is 47.8 Å². The van der Waals surface area contributed by atoms with E-state index in [0.29, 0.717) is 11.2 Å². The molecule has 2 rings (SSSR count). The Morgan fingerprint density at radius 2 is 2.22 bits per heavy atom. The molecule has 1 aromatic carbocycles. The molecule has 0 aliphatic carbocycles. The molecule has 18 heavy (non-hydrogen) atoms. The van der Waals surface area contributed by atoms with E-state index in [2.05, 4.69) is 40.3 Å². The number of carbonyl (C=O) groups is 1. The fourth-order valence-electron chi connectivity index (χ4n) is 2.34. The lowest BCUT2D eigenvalue weighted by atomic mass is 10.0. The van der Waals surface area contributed by atoms with Crippen molar-refractivity contribution in [3.05, 3.63) is 29.3 Å². The largest absolute Gasteiger partial charge is 0.326 e. The number of amides is 1. The van der Waals surface area contributed by atoms with Crippen LogP contribution >= 0.6 is 15.9 Å². The van der Waals surface area contributed by atoms with Crippen molar-refractivity contribution in [1.82, 2.24) is 0 Å². The minimum Gasteiger partial charge on any atom is -0.326 e. The average Bonchev–Trinajstić information content (AvgIpc) is 2.55. The number of benzene rings is 1. The number of halogens is 1. The third kappa shape index (κ3) is 3.35. The topological polar surface area (TPSA) is 29.1 Å². The van der Waals surface area contributed by atoms with Crippen LogP contribution in [0, 0.1) is 0 Å². The predicted octanol–water partition coefficient (Wildman–Crippen LogP) is 4.59. The molecular formula is C15H20BrNO. The van der Waals surface area contributed by atoms with Crippen molar-refractivity contribution in [2.24, 2.45) is 0 Å². The normalized spacial score (nSPS) is 16.7. The first-order valence-corrected chi connectivity index (χ1v) is 7.69. The minimum absolute atomic E-state index is 0.142. The molecule has 98 valence electrons. The first-order valence-electron chi connectivity index (χ1n) is 6.77. The number of rotatable bonds is 4. The molecule has 1 unspecified atom stereocenters. The second kappa shape index (κ2) is 6.37. The summed E-state index contributed by atoms with van der Waals surface area (Å²) in [6, 6.07) is 6.42. The fourth-order valence-corrected chi connectivity index (χ4v) is 2.95. The van der Waals surface area contributed by atoms with Crippen molar-refractivity contribution in [3.63, 3.8) is 0 Å². The van der Waals surface area contributed by atoms with Crippen molar-refractivity contribution in [2.45, 2.75) is 50.3 Å². The van der Waals surface area contributed by atoms with Gasteiger partial charge in [0.1, 0.15) is 0 Å². The standard InChI is InChI=1S/C15H20BrNO/c1-2-3-6-13(16)11-8-9-14-12(10-11)5-4-7-15(18)17-14/h8-10,13H,2-7H2,1H3,(H,17,18). The molecule has 3 heteroatoms. The molecule has 1 aliphatic heterocycles. The molecule has 0 radical (unpaired) electrons. The molecule has 0 aromatic heterocycles. The number of unbranched alkanes of at least 4 members (excludes halogenated alkanes) is 1. The van der Waals surface area contributed by atoms with Crippen LogP contribution in [0.1, 0.15) is 55.0 Å². The molecule has 0 saturated carbocycles. The minimum atomic E-state index is 0.142. The number of aryl methyl sites for hydroxylation is 1. The van der Waals surface area contributed by atoms with Crippen LogP contribution in [-0.4, -0.2) is 5.91 Å². The molecule has 1 aliphatic rings. The first-order chi connectivity index (χ1) is 8.70. The van der Waals surface area contributed by atoms with Crippen LogP contribution in [0.25, 0.3) is 0 Å². The molecule has 1 atom stereocenters. The van der Waals surface area contributed by atoms with Crippen LogP contribution in [0.5, 0.6) is 0 Å². The number of nitrogens with one attached hydrogen (secondary N) is 1. The summed E-state index contributed by atoms with van der Waals surface area (Å²) in [4.78, 5) is 11.9. The van der Waals surface area contributed by atoms with E-state index in [4.69, 9.17) is 0 Å². The van der Waals surface area contributed by atoms with Gasteiger partial charge in [0.2, 0.25) is 5.91 Å². The molecule has 0 bridgehead atoms. The van der Waals surface area contributed by atoms with Gasteiger partial charge in [-0.3, -0.25) is 4.79 Å². The molecule has 0 spiro atoms. The molecule has 0 saturated heterocycles. The maximum absolute atomic E-state index is 11.5. The van der Waals surface area contributed by atoms with Crippen molar-refractivity contribution in [1.29, 1.82) is 0 Å². The monoisotopic (exact) mass is 309 g/mol. The highest BCUT2D eigenvalue weighted by Gasteiger charge is 2.15. The SMILES string of the molecule is CCCCC(Br)c1ccc2c(c1)CCCC(=O)N2. The second-order valence-electron chi connectivity index (χ2n) is 4.93. The molecular weight excluding hydrogens is 290 g/mol. The quantitative estimate of drug-likeness (QED) is 0.810. The van der Waals surface area contributed by atoms with Crippen molar-refractivity contribution >= 4 is 27.5 Å². The lowest BCUT2D eigenvalue weighted by molar-refractivity contribution is -0.116. The van der Waals surface area contributed by atoms with Gasteiger partial charge in [-0.2, -0.15) is 0 Å². The number of hydrogen-bond acceptors (Lipinski definition) is 1. The third-order valence-corrected chi connectivity index (χ3v) is 4.41. The Morgan fingerprint density at radius 1 is 1.39 bits per heavy atom. The van der Waals surface area contributed by atoms with E-state index in [-0.39, 0.29) is 5.91 Å². The van der Waals surface area contributed by atoms with Crippen molar-refractivity contribution < 1.29 is 4.79 Å². The average molecular weight is 310 g/mol. The van der Waals surface area contributed by atoms with E-state index >= 15 is 0 Å². The highest BCUT2D eigenvalue weighted by molar-refractivity contribution is 9.09. The number of alkyl halides is 1. The molecule has 2 nitrogen and oxygen atoms in total. The summed E-state index contributed by atoms with van der Waals surface area (Å²) in [5.74, 6) is 0.142. The lowest BCUT2D eigenvalue weighted by Gasteiger charge is -2.13. The molecule has 1 N–H and O–H groups in total. The van der Waals surface area contributed by atoms with Crippen LogP contribution in [0.4, 0.5) is 5.69 Å². The van der Waals surface area contributed by atoms with Crippen LogP contribution in [-0.2, 0) is 11.2 Å². The second-order valence-corrected chi connectivity index (χ2v) is 6.03. The maximum atomic E-state index is 11.5. The van der Waals surface area contributed by atoms with Gasteiger partial charge >= 0.3 is 0 Å². The molecule has 0 fully saturated rings. The smallest absolute Gasteiger partial charge is 0.224 e. The summed E-state index contributed by atoms with van der Waals surface area (Å²) in [7, 11) is 0. The summed E-state index contributed by atoms with van der Waals surface area (Å²) >= 11 is 3.76. The van der Waals surface area contributed by atoms with Gasteiger partial charge in [0.05, 0.1) is 0 Å². The Balaban J connectivity index is 2.16. The number of hydrogen-bond donors (Lipinski definition) is 1. The Kier molecular flexibility index (Phi) is 4.81. The highest BCUT2D eigenvalue weighted by atomic mass is 79.9. The van der Waals surface area contributed by atoms with Gasteiger partial charge in [0.25, 0.3) is 0 Å². The summed E-state index contributed by atoms with van der Waals surface area (Å²) in [6.07, 6.45) is 6.21. The maximum Gasteiger partial charge on any atom is 0.224 e. The van der Waals surface area contributed by atoms with E-state index < -0.39 is 0 Å². The zero-order chi connectivity index (χ0) is 13.0. The predicted molar refractivity (Wildman–Crippen MR) is 79.2 cm³/mol. The van der Waals surface area contributed by atoms with E-state index in [1.807, 2.05) is 6.07 Å². The lowest BCUT2D eigenvalue weighted by Crippen LogP contribution is -2.09. The van der Waals surface area contributed by atoms with Crippen LogP contribution < -0.4 is 5.32 Å². The van der Waals surface area contributed by atoms with Gasteiger partial charge in [0, 0.05) is 16.9 Å². The summed E-state index contributed by atoms with van der Waals surface area (Å²) in [5, 5.41) is 2.98. The fraction of sp³-hybridized carbons (Fsp3) is 0.533. The molecule has 1 amide bonds. The zero-order valence-corrected chi connectivity index (χ0v) is 12.4. The number of anilines is 1. The Morgan fingerprint density at radius 3 is 3.00 bits per heavy atom. The molecule has 1 heterocycles. The van der Waals surface area contributed by atoms with Crippen molar-refractivity contribution in [2.75, 3.05) is 5.32 Å². The van der Waals surface area contributed by atoms with Gasteiger partial charge in [0.15, 0.2) is 0 Å². The van der Waals surface area contributed by atoms with Crippen LogP contribution in [0.15, 0.2) is 18.2 Å². The van der Waals surface area contributed by atoms with E-state index in [0.717, 1.165) is 18.5 Å². The van der Waals surface area contributed by atoms with E-state index in [1.54, 1.807) is 0 Å². The first kappa shape index (κ1) is 13.6. The van der Waals surface area contributed by atoms with Crippen LogP contribution in [0.2, 0.25) is 0 Å². The summed E-state index contributed by atoms with van der Waals surface area (Å²) < 4.78 is 0. The van der Waals surface area contributed by atoms with Crippen molar-refractivity contribution in [3.8, 4) is 0 Å². The van der Waals surface area contributed by atoms with Gasteiger partial charge < -0.3 is 5.32 Å². The summed E-state index contributed by atoms with van der Waals surface area (Å²) in [6.45, 7) is 2.21. The van der Waals surface area contributed by atoms with E-state index in [1.165, 1.54) is 30.4 Å². The van der Waals surface area contributed by atoms with Crippen LogP contribution in [0.3, 0.4) is 0 Å². The Hall–Kier alpha value is -0.830.